The number of carbonyl (C=O) groups is 3. The molecule has 1 aliphatic heterocycles. The van der Waals surface area contributed by atoms with Gasteiger partial charge in [0, 0.05) is 44.9 Å². The highest BCUT2D eigenvalue weighted by Gasteiger charge is 2.29. The summed E-state index contributed by atoms with van der Waals surface area (Å²) in [5.41, 5.74) is 0. The topological polar surface area (TPSA) is 66.9 Å². The summed E-state index contributed by atoms with van der Waals surface area (Å²) in [6.45, 7) is 5.66. The Hall–Kier alpha value is -1.59. The highest BCUT2D eigenvalue weighted by Crippen LogP contribution is 2.20. The summed E-state index contributed by atoms with van der Waals surface area (Å²) >= 11 is 0. The maximum atomic E-state index is 12.4. The number of ether oxygens (including phenoxy) is 1. The first-order chi connectivity index (χ1) is 10.4. The number of methoxy groups -OCH3 is 1. The number of piperidine rings is 1. The smallest absolute Gasteiger partial charge is 0.305 e. The zero-order valence-corrected chi connectivity index (χ0v) is 14.1. The molecule has 22 heavy (non-hydrogen) atoms. The Balaban J connectivity index is 2.35. The van der Waals surface area contributed by atoms with Crippen LogP contribution in [0, 0.1) is 11.8 Å². The molecule has 6 nitrogen and oxygen atoms in total. The molecule has 0 spiro atoms. The average Bonchev–Trinajstić information content (AvgIpc) is 2.53. The molecule has 0 N–H and O–H groups in total. The van der Waals surface area contributed by atoms with Crippen LogP contribution in [0.4, 0.5) is 0 Å². The van der Waals surface area contributed by atoms with Crippen LogP contribution in [0.2, 0.25) is 0 Å². The van der Waals surface area contributed by atoms with Gasteiger partial charge in [0.25, 0.3) is 0 Å². The Kier molecular flexibility index (Phi) is 7.35. The molecule has 126 valence electrons. The Labute approximate surface area is 132 Å². The lowest BCUT2D eigenvalue weighted by Gasteiger charge is -2.34. The molecule has 0 aromatic rings. The van der Waals surface area contributed by atoms with Gasteiger partial charge < -0.3 is 14.5 Å². The molecule has 1 heterocycles. The van der Waals surface area contributed by atoms with E-state index in [2.05, 4.69) is 4.74 Å². The summed E-state index contributed by atoms with van der Waals surface area (Å²) in [4.78, 5) is 38.9. The molecule has 0 aliphatic carbocycles. The summed E-state index contributed by atoms with van der Waals surface area (Å²) in [7, 11) is 3.13. The molecule has 0 bridgehead atoms. The highest BCUT2D eigenvalue weighted by atomic mass is 16.5. The van der Waals surface area contributed by atoms with Crippen LogP contribution < -0.4 is 0 Å². The van der Waals surface area contributed by atoms with Crippen LogP contribution in [0.25, 0.3) is 0 Å². The zero-order valence-electron chi connectivity index (χ0n) is 14.1. The van der Waals surface area contributed by atoms with Crippen LogP contribution >= 0.6 is 0 Å². The van der Waals surface area contributed by atoms with Gasteiger partial charge in [0.2, 0.25) is 11.8 Å². The third-order valence-electron chi connectivity index (χ3n) is 4.13. The van der Waals surface area contributed by atoms with Crippen molar-refractivity contribution in [3.8, 4) is 0 Å². The van der Waals surface area contributed by atoms with Crippen molar-refractivity contribution in [3.05, 3.63) is 0 Å². The third-order valence-corrected chi connectivity index (χ3v) is 4.13. The Bertz CT molecular complexity index is 401. The van der Waals surface area contributed by atoms with E-state index in [1.165, 1.54) is 7.11 Å². The Morgan fingerprint density at radius 2 is 1.82 bits per heavy atom. The van der Waals surface area contributed by atoms with Crippen LogP contribution in [-0.2, 0) is 19.1 Å². The molecule has 0 aromatic carbocycles. The maximum Gasteiger partial charge on any atom is 0.305 e. The summed E-state index contributed by atoms with van der Waals surface area (Å²) in [5, 5.41) is 0. The second-order valence-electron chi connectivity index (χ2n) is 6.19. The molecule has 2 amide bonds. The lowest BCUT2D eigenvalue weighted by molar-refractivity contribution is -0.142. The van der Waals surface area contributed by atoms with Gasteiger partial charge in [-0.1, -0.05) is 13.8 Å². The fourth-order valence-corrected chi connectivity index (χ4v) is 2.70. The van der Waals surface area contributed by atoms with Gasteiger partial charge >= 0.3 is 5.97 Å². The van der Waals surface area contributed by atoms with Crippen molar-refractivity contribution in [2.24, 2.45) is 11.8 Å². The predicted molar refractivity (Wildman–Crippen MR) is 83.0 cm³/mol. The minimum absolute atomic E-state index is 0.00764. The molecule has 0 aromatic heterocycles. The van der Waals surface area contributed by atoms with Gasteiger partial charge in [0.05, 0.1) is 7.11 Å². The van der Waals surface area contributed by atoms with Gasteiger partial charge in [-0.15, -0.1) is 0 Å². The monoisotopic (exact) mass is 312 g/mol. The largest absolute Gasteiger partial charge is 0.469 e. The van der Waals surface area contributed by atoms with E-state index in [-0.39, 0.29) is 29.6 Å². The number of hydrogen-bond acceptors (Lipinski definition) is 4. The second-order valence-corrected chi connectivity index (χ2v) is 6.19. The van der Waals surface area contributed by atoms with E-state index in [1.807, 2.05) is 18.7 Å². The number of esters is 1. The molecule has 1 aliphatic rings. The highest BCUT2D eigenvalue weighted by molar-refractivity contribution is 5.80. The van der Waals surface area contributed by atoms with Gasteiger partial charge in [0.1, 0.15) is 0 Å². The van der Waals surface area contributed by atoms with Gasteiger partial charge in [-0.05, 0) is 19.3 Å². The number of rotatable bonds is 6. The minimum Gasteiger partial charge on any atom is -0.469 e. The van der Waals surface area contributed by atoms with Crippen molar-refractivity contribution in [1.29, 1.82) is 0 Å². The zero-order chi connectivity index (χ0) is 16.7. The molecule has 1 saturated heterocycles. The number of nitrogens with zero attached hydrogens (tertiary/aromatic N) is 2. The summed E-state index contributed by atoms with van der Waals surface area (Å²) in [6, 6.07) is 0. The summed E-state index contributed by atoms with van der Waals surface area (Å²) in [6.07, 6.45) is 2.38. The van der Waals surface area contributed by atoms with E-state index < -0.39 is 0 Å². The predicted octanol–water partition coefficient (Wildman–Crippen LogP) is 1.29. The maximum absolute atomic E-state index is 12.4. The van der Waals surface area contributed by atoms with Crippen molar-refractivity contribution in [2.45, 2.75) is 39.5 Å². The first kappa shape index (κ1) is 18.5. The first-order valence-electron chi connectivity index (χ1n) is 7.97. The SMILES string of the molecule is COC(=O)CCCN(C)C(=O)C1CCN(C(=O)C(C)C)CC1. The molecule has 0 radical (unpaired) electrons. The lowest BCUT2D eigenvalue weighted by Crippen LogP contribution is -2.44. The van der Waals surface area contributed by atoms with Crippen molar-refractivity contribution in [2.75, 3.05) is 33.8 Å². The summed E-state index contributed by atoms with van der Waals surface area (Å²) < 4.78 is 4.58. The molecular weight excluding hydrogens is 284 g/mol. The van der Waals surface area contributed by atoms with Gasteiger partial charge in [0.15, 0.2) is 0 Å². The number of hydrogen-bond donors (Lipinski definition) is 0. The minimum atomic E-state index is -0.249. The fraction of sp³-hybridized carbons (Fsp3) is 0.812. The van der Waals surface area contributed by atoms with Crippen LogP contribution in [0.3, 0.4) is 0 Å². The van der Waals surface area contributed by atoms with Crippen LogP contribution in [-0.4, -0.2) is 61.4 Å². The molecule has 1 fully saturated rings. The van der Waals surface area contributed by atoms with Crippen LogP contribution in [0.1, 0.15) is 39.5 Å². The second kappa shape index (κ2) is 8.76. The first-order valence-corrected chi connectivity index (χ1v) is 7.97. The van der Waals surface area contributed by atoms with E-state index >= 15 is 0 Å². The quantitative estimate of drug-likeness (QED) is 0.693. The molecule has 6 heteroatoms. The van der Waals surface area contributed by atoms with Crippen molar-refractivity contribution in [3.63, 3.8) is 0 Å². The number of carbonyl (C=O) groups excluding carboxylic acids is 3. The Morgan fingerprint density at radius 1 is 1.23 bits per heavy atom. The van der Waals surface area contributed by atoms with Gasteiger partial charge in [-0.25, -0.2) is 0 Å². The van der Waals surface area contributed by atoms with E-state index in [0.29, 0.717) is 32.5 Å². The number of likely N-dealkylation sites (tertiary alicyclic amines) is 1. The fourth-order valence-electron chi connectivity index (χ4n) is 2.70. The molecule has 0 unspecified atom stereocenters. The molecule has 0 saturated carbocycles. The van der Waals surface area contributed by atoms with Gasteiger partial charge in [-0.3, -0.25) is 14.4 Å². The van der Waals surface area contributed by atoms with E-state index in [0.717, 1.165) is 12.8 Å². The molecule has 0 atom stereocenters. The molecule has 1 rings (SSSR count). The third kappa shape index (κ3) is 5.31. The van der Waals surface area contributed by atoms with Crippen molar-refractivity contribution < 1.29 is 19.1 Å². The number of amides is 2. The van der Waals surface area contributed by atoms with Crippen molar-refractivity contribution >= 4 is 17.8 Å². The standard InChI is InChI=1S/C16H28N2O4/c1-12(2)15(20)18-10-7-13(8-11-18)16(21)17(3)9-5-6-14(19)22-4/h12-13H,5-11H2,1-4H3. The normalized spacial score (nSPS) is 15.8. The Morgan fingerprint density at radius 3 is 2.32 bits per heavy atom. The van der Waals surface area contributed by atoms with Gasteiger partial charge in [-0.2, -0.15) is 0 Å². The summed E-state index contributed by atoms with van der Waals surface area (Å²) in [5.74, 6) is 0.0211. The average molecular weight is 312 g/mol. The van der Waals surface area contributed by atoms with Crippen LogP contribution in [0.5, 0.6) is 0 Å². The lowest BCUT2D eigenvalue weighted by atomic mass is 9.94. The molecular formula is C16H28N2O4. The van der Waals surface area contributed by atoms with E-state index in [4.69, 9.17) is 0 Å². The van der Waals surface area contributed by atoms with Crippen LogP contribution in [0.15, 0.2) is 0 Å². The van der Waals surface area contributed by atoms with E-state index in [1.54, 1.807) is 11.9 Å². The van der Waals surface area contributed by atoms with E-state index in [9.17, 15) is 14.4 Å². The van der Waals surface area contributed by atoms with Crippen molar-refractivity contribution in [1.82, 2.24) is 9.80 Å².